The number of benzene rings is 2. The number of hydrogen-bond acceptors (Lipinski definition) is 5. The second kappa shape index (κ2) is 8.73. The van der Waals surface area contributed by atoms with Crippen molar-refractivity contribution < 1.29 is 9.53 Å². The summed E-state index contributed by atoms with van der Waals surface area (Å²) in [6.45, 7) is 3.75. The molecule has 29 heavy (non-hydrogen) atoms. The van der Waals surface area contributed by atoms with E-state index in [1.165, 1.54) is 4.90 Å². The van der Waals surface area contributed by atoms with Gasteiger partial charge in [0.15, 0.2) is 0 Å². The van der Waals surface area contributed by atoms with Crippen molar-refractivity contribution in [3.8, 4) is 16.9 Å². The minimum atomic E-state index is -0.416. The van der Waals surface area contributed by atoms with Crippen LogP contribution < -0.4 is 10.5 Å². The quantitative estimate of drug-likeness (QED) is 0.680. The number of amides is 1. The molecule has 1 aromatic heterocycles. The van der Waals surface area contributed by atoms with Crippen LogP contribution in [0.15, 0.2) is 54.6 Å². The zero-order valence-corrected chi connectivity index (χ0v) is 17.2. The number of hydrogen-bond donors (Lipinski definition) is 1. The molecular formula is C23H26N4O2. The Bertz CT molecular complexity index is 986. The highest BCUT2D eigenvalue weighted by Gasteiger charge is 2.26. The summed E-state index contributed by atoms with van der Waals surface area (Å²) < 4.78 is 6.20. The van der Waals surface area contributed by atoms with E-state index in [2.05, 4.69) is 22.1 Å². The fourth-order valence-electron chi connectivity index (χ4n) is 3.19. The van der Waals surface area contributed by atoms with Crippen LogP contribution in [0.25, 0.3) is 11.1 Å². The van der Waals surface area contributed by atoms with Crippen LogP contribution in [0.1, 0.15) is 41.2 Å². The van der Waals surface area contributed by atoms with Crippen molar-refractivity contribution in [3.63, 3.8) is 0 Å². The molecule has 0 aliphatic rings. The van der Waals surface area contributed by atoms with Crippen LogP contribution in [0, 0.1) is 6.92 Å². The van der Waals surface area contributed by atoms with Crippen molar-refractivity contribution in [1.29, 1.82) is 0 Å². The fourth-order valence-corrected chi connectivity index (χ4v) is 3.19. The maximum atomic E-state index is 12.7. The van der Waals surface area contributed by atoms with Gasteiger partial charge in [-0.25, -0.2) is 9.97 Å². The Balaban J connectivity index is 1.92. The first kappa shape index (κ1) is 20.3. The van der Waals surface area contributed by atoms with Crippen molar-refractivity contribution in [2.45, 2.75) is 26.4 Å². The Labute approximate surface area is 171 Å². The summed E-state index contributed by atoms with van der Waals surface area (Å²) in [4.78, 5) is 22.8. The van der Waals surface area contributed by atoms with Gasteiger partial charge in [-0.1, -0.05) is 49.4 Å². The number of carbonyl (C=O) groups is 1. The number of nitrogens with zero attached hydrogens (tertiary/aromatic N) is 3. The summed E-state index contributed by atoms with van der Waals surface area (Å²) in [7, 11) is 3.40. The molecule has 2 N–H and O–H groups in total. The number of nitrogens with two attached hydrogens (primary N) is 1. The molecule has 6 heteroatoms. The van der Waals surface area contributed by atoms with E-state index in [-0.39, 0.29) is 11.9 Å². The first-order chi connectivity index (χ1) is 13.9. The largest absolute Gasteiger partial charge is 0.484 e. The highest BCUT2D eigenvalue weighted by Crippen LogP contribution is 2.30. The maximum Gasteiger partial charge on any atom is 0.257 e. The molecule has 0 saturated heterocycles. The van der Waals surface area contributed by atoms with Crippen molar-refractivity contribution in [2.24, 2.45) is 0 Å². The molecule has 0 radical (unpaired) electrons. The normalized spacial score (nSPS) is 11.7. The molecule has 1 heterocycles. The molecule has 0 aliphatic heterocycles. The van der Waals surface area contributed by atoms with Crippen LogP contribution in [0.5, 0.6) is 5.75 Å². The van der Waals surface area contributed by atoms with Crippen LogP contribution >= 0.6 is 0 Å². The first-order valence-electron chi connectivity index (χ1n) is 9.58. The molecule has 0 spiro atoms. The number of rotatable bonds is 6. The molecule has 2 aromatic carbocycles. The van der Waals surface area contributed by atoms with Crippen molar-refractivity contribution in [2.75, 3.05) is 19.8 Å². The predicted octanol–water partition coefficient (Wildman–Crippen LogP) is 4.27. The summed E-state index contributed by atoms with van der Waals surface area (Å²) in [6.07, 6.45) is 0.213. The Morgan fingerprint density at radius 2 is 1.66 bits per heavy atom. The standard InChI is InChI=1S/C23H26N4O2/c1-5-19(21-20(22(28)27(3)4)15(2)25-23(24)26-21)29-18-13-11-17(12-14-18)16-9-7-6-8-10-16/h6-14,19H,5H2,1-4H3,(H2,24,25,26). The maximum absolute atomic E-state index is 12.7. The Kier molecular flexibility index (Phi) is 6.12. The van der Waals surface area contributed by atoms with Gasteiger partial charge in [0.1, 0.15) is 11.9 Å². The van der Waals surface area contributed by atoms with Crippen LogP contribution in [-0.2, 0) is 0 Å². The minimum Gasteiger partial charge on any atom is -0.484 e. The monoisotopic (exact) mass is 390 g/mol. The lowest BCUT2D eigenvalue weighted by Crippen LogP contribution is -2.27. The van der Waals surface area contributed by atoms with Gasteiger partial charge < -0.3 is 15.4 Å². The van der Waals surface area contributed by atoms with E-state index in [0.717, 1.165) is 11.1 Å². The fraction of sp³-hybridized carbons (Fsp3) is 0.261. The molecule has 0 fully saturated rings. The van der Waals surface area contributed by atoms with Gasteiger partial charge in [0.05, 0.1) is 17.0 Å². The summed E-state index contributed by atoms with van der Waals surface area (Å²) >= 11 is 0. The van der Waals surface area contributed by atoms with E-state index in [0.29, 0.717) is 29.1 Å². The minimum absolute atomic E-state index is 0.134. The van der Waals surface area contributed by atoms with Gasteiger partial charge in [-0.15, -0.1) is 0 Å². The van der Waals surface area contributed by atoms with Crippen LogP contribution in [0.4, 0.5) is 5.95 Å². The average molecular weight is 390 g/mol. The molecule has 3 rings (SSSR count). The first-order valence-corrected chi connectivity index (χ1v) is 9.58. The smallest absolute Gasteiger partial charge is 0.257 e. The SMILES string of the molecule is CCC(Oc1ccc(-c2ccccc2)cc1)c1nc(N)nc(C)c1C(=O)N(C)C. The van der Waals surface area contributed by atoms with Crippen molar-refractivity contribution in [1.82, 2.24) is 14.9 Å². The van der Waals surface area contributed by atoms with E-state index in [1.54, 1.807) is 21.0 Å². The van der Waals surface area contributed by atoms with E-state index in [1.807, 2.05) is 49.4 Å². The number of anilines is 1. The van der Waals surface area contributed by atoms with E-state index in [9.17, 15) is 4.79 Å². The third kappa shape index (κ3) is 4.54. The summed E-state index contributed by atoms with van der Waals surface area (Å²) in [6, 6.07) is 18.0. The Morgan fingerprint density at radius 3 is 2.24 bits per heavy atom. The molecule has 1 unspecified atom stereocenters. The number of nitrogen functional groups attached to an aromatic ring is 1. The molecule has 0 saturated carbocycles. The lowest BCUT2D eigenvalue weighted by molar-refractivity contribution is 0.0819. The van der Waals surface area contributed by atoms with Gasteiger partial charge in [-0.2, -0.15) is 0 Å². The van der Waals surface area contributed by atoms with Gasteiger partial charge in [-0.05, 0) is 36.6 Å². The third-order valence-electron chi connectivity index (χ3n) is 4.67. The Morgan fingerprint density at radius 1 is 1.03 bits per heavy atom. The molecule has 3 aromatic rings. The van der Waals surface area contributed by atoms with Crippen molar-refractivity contribution in [3.05, 3.63) is 71.5 Å². The predicted molar refractivity (Wildman–Crippen MR) is 115 cm³/mol. The molecule has 1 amide bonds. The second-order valence-electron chi connectivity index (χ2n) is 7.03. The molecule has 6 nitrogen and oxygen atoms in total. The summed E-state index contributed by atoms with van der Waals surface area (Å²) in [5.41, 5.74) is 9.63. The van der Waals surface area contributed by atoms with Gasteiger partial charge >= 0.3 is 0 Å². The number of aromatic nitrogens is 2. The third-order valence-corrected chi connectivity index (χ3v) is 4.67. The van der Waals surface area contributed by atoms with Gasteiger partial charge in [0.25, 0.3) is 5.91 Å². The molecular weight excluding hydrogens is 364 g/mol. The van der Waals surface area contributed by atoms with Crippen molar-refractivity contribution >= 4 is 11.9 Å². The lowest BCUT2D eigenvalue weighted by atomic mass is 10.0. The molecule has 0 bridgehead atoms. The van der Waals surface area contributed by atoms with Crippen LogP contribution in [0.3, 0.4) is 0 Å². The number of carbonyl (C=O) groups excluding carboxylic acids is 1. The zero-order chi connectivity index (χ0) is 21.0. The number of aryl methyl sites for hydroxylation is 1. The zero-order valence-electron chi connectivity index (χ0n) is 17.2. The topological polar surface area (TPSA) is 81.3 Å². The van der Waals surface area contributed by atoms with Gasteiger partial charge in [0.2, 0.25) is 5.95 Å². The van der Waals surface area contributed by atoms with E-state index < -0.39 is 6.10 Å². The number of ether oxygens (including phenoxy) is 1. The van der Waals surface area contributed by atoms with Crippen LogP contribution in [0.2, 0.25) is 0 Å². The highest BCUT2D eigenvalue weighted by molar-refractivity contribution is 5.96. The van der Waals surface area contributed by atoms with Gasteiger partial charge in [-0.3, -0.25) is 4.79 Å². The molecule has 1 atom stereocenters. The van der Waals surface area contributed by atoms with E-state index in [4.69, 9.17) is 10.5 Å². The lowest BCUT2D eigenvalue weighted by Gasteiger charge is -2.22. The van der Waals surface area contributed by atoms with Gasteiger partial charge in [0, 0.05) is 14.1 Å². The highest BCUT2D eigenvalue weighted by atomic mass is 16.5. The molecule has 150 valence electrons. The molecule has 0 aliphatic carbocycles. The summed E-state index contributed by atoms with van der Waals surface area (Å²) in [5, 5.41) is 0. The Hall–Kier alpha value is -3.41. The summed E-state index contributed by atoms with van der Waals surface area (Å²) in [5.74, 6) is 0.669. The van der Waals surface area contributed by atoms with Crippen LogP contribution in [-0.4, -0.2) is 34.9 Å². The average Bonchev–Trinajstić information content (AvgIpc) is 2.72. The second-order valence-corrected chi connectivity index (χ2v) is 7.03. The van der Waals surface area contributed by atoms with E-state index >= 15 is 0 Å².